The maximum Gasteiger partial charge on any atom is 0.409 e. The third-order valence-electron chi connectivity index (χ3n) is 9.24. The van der Waals surface area contributed by atoms with Gasteiger partial charge in [-0.1, -0.05) is 91.0 Å². The number of ether oxygens (including phenoxy) is 1. The second-order valence-corrected chi connectivity index (χ2v) is 12.2. The molecule has 0 unspecified atom stereocenters. The fourth-order valence-corrected chi connectivity index (χ4v) is 6.80. The molecule has 0 saturated carbocycles. The lowest BCUT2D eigenvalue weighted by atomic mass is 9.96. The number of aromatic amines is 1. The molecule has 1 saturated heterocycles. The zero-order valence-electron chi connectivity index (χ0n) is 26.0. The molecule has 236 valence electrons. The van der Waals surface area contributed by atoms with Crippen molar-refractivity contribution in [2.45, 2.75) is 44.9 Å². The molecule has 1 aliphatic rings. The number of nitrogens with zero attached hydrogens (tertiary/aromatic N) is 3. The number of hydrogen-bond acceptors (Lipinski definition) is 4. The van der Waals surface area contributed by atoms with Crippen LogP contribution in [0, 0.1) is 0 Å². The molecule has 0 radical (unpaired) electrons. The van der Waals surface area contributed by atoms with Crippen molar-refractivity contribution in [1.82, 2.24) is 19.4 Å². The summed E-state index contributed by atoms with van der Waals surface area (Å²) in [5.41, 5.74) is 4.14. The lowest BCUT2D eigenvalue weighted by Crippen LogP contribution is -2.42. The Morgan fingerprint density at radius 2 is 1.50 bits per heavy atom. The Balaban J connectivity index is 0.00000372. The molecule has 1 atom stereocenters. The maximum atomic E-state index is 13.2. The number of likely N-dealkylation sites (tertiary alicyclic amines) is 1. The van der Waals surface area contributed by atoms with E-state index in [4.69, 9.17) is 4.74 Å². The van der Waals surface area contributed by atoms with E-state index in [1.807, 2.05) is 34.9 Å². The van der Waals surface area contributed by atoms with Crippen LogP contribution in [0.25, 0.3) is 32.6 Å². The van der Waals surface area contributed by atoms with Gasteiger partial charge in [-0.3, -0.25) is 9.47 Å². The summed E-state index contributed by atoms with van der Waals surface area (Å²) < 4.78 is 7.79. The Hall–Kier alpha value is -4.59. The van der Waals surface area contributed by atoms with Crippen LogP contribution >= 0.6 is 12.4 Å². The lowest BCUT2D eigenvalue weighted by Gasteiger charge is -2.33. The molecule has 1 fully saturated rings. The van der Waals surface area contributed by atoms with Crippen molar-refractivity contribution < 1.29 is 9.53 Å². The van der Waals surface area contributed by atoms with Gasteiger partial charge < -0.3 is 14.6 Å². The standard InChI is InChI=1S/C38H38N4O3.ClH/c1-27(26-45-38(44)40-21-19-31(20-22-40)42-36-18-10-9-17-35(36)39-37(42)43)41(24-28-11-3-2-4-12-28)25-30-23-29-13-5-6-14-32(29)34-16-8-7-15-33(30)34;/h2-18,23,27,31H,19-22,24-26H2,1H3,(H,39,43);1H/t27-;/m0./s1. The Bertz CT molecular complexity index is 2010. The van der Waals surface area contributed by atoms with Crippen LogP contribution in [0.3, 0.4) is 0 Å². The molecule has 0 spiro atoms. The Kier molecular flexibility index (Phi) is 9.43. The molecular weight excluding hydrogens is 596 g/mol. The third-order valence-corrected chi connectivity index (χ3v) is 9.24. The van der Waals surface area contributed by atoms with E-state index < -0.39 is 0 Å². The van der Waals surface area contributed by atoms with Gasteiger partial charge in [0.2, 0.25) is 0 Å². The van der Waals surface area contributed by atoms with Gasteiger partial charge in [0.25, 0.3) is 0 Å². The SMILES string of the molecule is C[C@@H](COC(=O)N1CCC(n2c(=O)[nH]c3ccccc32)CC1)N(Cc1ccccc1)Cc1cc2ccccc2c2ccccc12.Cl. The predicted octanol–water partition coefficient (Wildman–Crippen LogP) is 7.92. The molecule has 1 aromatic heterocycles. The number of benzene rings is 5. The third kappa shape index (κ3) is 6.39. The van der Waals surface area contributed by atoms with Crippen molar-refractivity contribution in [2.24, 2.45) is 0 Å². The van der Waals surface area contributed by atoms with E-state index >= 15 is 0 Å². The van der Waals surface area contributed by atoms with Gasteiger partial charge in [0.1, 0.15) is 6.61 Å². The van der Waals surface area contributed by atoms with Crippen molar-refractivity contribution in [1.29, 1.82) is 0 Å². The van der Waals surface area contributed by atoms with E-state index in [-0.39, 0.29) is 36.3 Å². The van der Waals surface area contributed by atoms with E-state index in [2.05, 4.69) is 95.7 Å². The van der Waals surface area contributed by atoms with Crippen LogP contribution in [0.2, 0.25) is 0 Å². The summed E-state index contributed by atoms with van der Waals surface area (Å²) in [6.45, 7) is 5.00. The molecule has 1 aliphatic heterocycles. The smallest absolute Gasteiger partial charge is 0.409 e. The highest BCUT2D eigenvalue weighted by atomic mass is 35.5. The second kappa shape index (κ2) is 13.8. The predicted molar refractivity (Wildman–Crippen MR) is 188 cm³/mol. The second-order valence-electron chi connectivity index (χ2n) is 12.2. The van der Waals surface area contributed by atoms with Crippen molar-refractivity contribution in [3.05, 3.63) is 131 Å². The van der Waals surface area contributed by atoms with E-state index in [0.29, 0.717) is 32.5 Å². The van der Waals surface area contributed by atoms with E-state index in [9.17, 15) is 9.59 Å². The highest BCUT2D eigenvalue weighted by Crippen LogP contribution is 2.30. The Morgan fingerprint density at radius 3 is 2.28 bits per heavy atom. The summed E-state index contributed by atoms with van der Waals surface area (Å²) >= 11 is 0. The van der Waals surface area contributed by atoms with Crippen molar-refractivity contribution in [3.8, 4) is 0 Å². The summed E-state index contributed by atoms with van der Waals surface area (Å²) in [4.78, 5) is 33.1. The highest BCUT2D eigenvalue weighted by Gasteiger charge is 2.28. The number of rotatable bonds is 8. The number of amides is 1. The minimum atomic E-state index is -0.289. The fourth-order valence-electron chi connectivity index (χ4n) is 6.80. The number of hydrogen-bond donors (Lipinski definition) is 1. The zero-order valence-corrected chi connectivity index (χ0v) is 26.8. The fraction of sp³-hybridized carbons (Fsp3) is 0.263. The first-order chi connectivity index (χ1) is 22.0. The average molecular weight is 635 g/mol. The van der Waals surface area contributed by atoms with Gasteiger partial charge in [-0.05, 0) is 70.6 Å². The summed E-state index contributed by atoms with van der Waals surface area (Å²) in [6.07, 6.45) is 1.13. The quantitative estimate of drug-likeness (QED) is 0.173. The summed E-state index contributed by atoms with van der Waals surface area (Å²) in [7, 11) is 0. The molecule has 5 aromatic carbocycles. The molecule has 0 bridgehead atoms. The van der Waals surface area contributed by atoms with Gasteiger partial charge in [-0.25, -0.2) is 9.59 Å². The summed E-state index contributed by atoms with van der Waals surface area (Å²) in [5.74, 6) is 0. The first kappa shape index (κ1) is 31.4. The number of piperidine rings is 1. The molecule has 8 heteroatoms. The molecular formula is C38H39ClN4O3. The number of aromatic nitrogens is 2. The molecule has 7 rings (SSSR count). The summed E-state index contributed by atoms with van der Waals surface area (Å²) in [6, 6.07) is 37.7. The van der Waals surface area contributed by atoms with Crippen molar-refractivity contribution in [2.75, 3.05) is 19.7 Å². The van der Waals surface area contributed by atoms with Crippen LogP contribution in [-0.4, -0.2) is 51.2 Å². The van der Waals surface area contributed by atoms with Crippen molar-refractivity contribution >= 4 is 51.1 Å². The van der Waals surface area contributed by atoms with Gasteiger partial charge in [-0.15, -0.1) is 12.4 Å². The van der Waals surface area contributed by atoms with Gasteiger partial charge in [-0.2, -0.15) is 0 Å². The first-order valence-electron chi connectivity index (χ1n) is 15.8. The molecule has 6 aromatic rings. The summed E-state index contributed by atoms with van der Waals surface area (Å²) in [5, 5.41) is 4.98. The van der Waals surface area contributed by atoms with Gasteiger partial charge in [0.15, 0.2) is 0 Å². The number of carbonyl (C=O) groups is 1. The zero-order chi connectivity index (χ0) is 30.8. The van der Waals surface area contributed by atoms with Crippen molar-refractivity contribution in [3.63, 3.8) is 0 Å². The topological polar surface area (TPSA) is 70.6 Å². The molecule has 7 nitrogen and oxygen atoms in total. The highest BCUT2D eigenvalue weighted by molar-refractivity contribution is 6.08. The van der Waals surface area contributed by atoms with Gasteiger partial charge in [0, 0.05) is 38.3 Å². The van der Waals surface area contributed by atoms with Gasteiger partial charge in [0.05, 0.1) is 11.0 Å². The number of H-pyrrole nitrogens is 1. The van der Waals surface area contributed by atoms with Crippen LogP contribution in [0.5, 0.6) is 0 Å². The number of halogens is 1. The molecule has 0 aliphatic carbocycles. The van der Waals surface area contributed by atoms with Crippen LogP contribution in [0.15, 0.2) is 114 Å². The minimum Gasteiger partial charge on any atom is -0.448 e. The maximum absolute atomic E-state index is 13.2. The van der Waals surface area contributed by atoms with Gasteiger partial charge >= 0.3 is 11.8 Å². The number of fused-ring (bicyclic) bond motifs is 4. The largest absolute Gasteiger partial charge is 0.448 e. The van der Waals surface area contributed by atoms with Crippen LogP contribution in [-0.2, 0) is 17.8 Å². The minimum absolute atomic E-state index is 0. The van der Waals surface area contributed by atoms with E-state index in [1.165, 1.54) is 32.7 Å². The molecule has 1 N–H and O–H groups in total. The number of nitrogens with one attached hydrogen (secondary N) is 1. The van der Waals surface area contributed by atoms with E-state index in [1.54, 1.807) is 4.90 Å². The van der Waals surface area contributed by atoms with Crippen LogP contribution in [0.1, 0.15) is 36.9 Å². The molecule has 2 heterocycles. The van der Waals surface area contributed by atoms with Crippen LogP contribution < -0.4 is 5.69 Å². The first-order valence-corrected chi connectivity index (χ1v) is 15.8. The number of para-hydroxylation sites is 2. The Labute approximate surface area is 274 Å². The monoisotopic (exact) mass is 634 g/mol. The van der Waals surface area contributed by atoms with E-state index in [0.717, 1.165) is 24.1 Å². The lowest BCUT2D eigenvalue weighted by molar-refractivity contribution is 0.0568. The van der Waals surface area contributed by atoms with Crippen LogP contribution in [0.4, 0.5) is 4.79 Å². The molecule has 46 heavy (non-hydrogen) atoms. The number of carbonyl (C=O) groups excluding carboxylic acids is 1. The Morgan fingerprint density at radius 1 is 0.848 bits per heavy atom. The normalized spacial score (nSPS) is 14.5. The average Bonchev–Trinajstić information content (AvgIpc) is 3.43. The molecule has 1 amide bonds. The number of imidazole rings is 1.